The monoisotopic (exact) mass is 599 g/mol. The third-order valence-corrected chi connectivity index (χ3v) is 8.59. The normalized spacial score (nSPS) is 13.5. The summed E-state index contributed by atoms with van der Waals surface area (Å²) in [7, 11) is 1.89. The minimum Gasteiger partial charge on any atom is -0.336 e. The molecule has 0 N–H and O–H groups in total. The Kier molecular flexibility index (Phi) is 8.68. The molecule has 3 aromatic carbocycles. The number of benzene rings is 3. The van der Waals surface area contributed by atoms with E-state index in [9.17, 15) is 9.59 Å². The number of carbonyl (C=O) groups is 2. The number of nitrogens with zero attached hydrogens (tertiary/aromatic N) is 7. The molecule has 0 bridgehead atoms. The topological polar surface area (TPSA) is 89.1 Å². The molecule has 9 nitrogen and oxygen atoms in total. The molecule has 0 radical (unpaired) electrons. The number of hydrogen-bond acceptors (Lipinski definition) is 5. The van der Waals surface area contributed by atoms with E-state index in [2.05, 4.69) is 27.3 Å². The van der Waals surface area contributed by atoms with E-state index >= 15 is 0 Å². The second-order valence-corrected chi connectivity index (χ2v) is 11.5. The molecule has 0 saturated carbocycles. The van der Waals surface area contributed by atoms with Gasteiger partial charge in [-0.2, -0.15) is 10.2 Å². The zero-order valence-electron chi connectivity index (χ0n) is 25.9. The first-order chi connectivity index (χ1) is 21.9. The highest BCUT2D eigenvalue weighted by Gasteiger charge is 2.34. The summed E-state index contributed by atoms with van der Waals surface area (Å²) in [5, 5.41) is 8.71. The van der Waals surface area contributed by atoms with Gasteiger partial charge in [-0.1, -0.05) is 66.7 Å². The lowest BCUT2D eigenvalue weighted by Crippen LogP contribution is -2.52. The summed E-state index contributed by atoms with van der Waals surface area (Å²) in [6.07, 6.45) is 7.73. The smallest absolute Gasteiger partial charge is 0.247 e. The lowest BCUT2D eigenvalue weighted by Gasteiger charge is -2.37. The highest BCUT2D eigenvalue weighted by atomic mass is 16.2. The van der Waals surface area contributed by atoms with Gasteiger partial charge >= 0.3 is 0 Å². The first-order valence-corrected chi connectivity index (χ1v) is 15.2. The SMILES string of the molecule is Cc1nn(C)c(C)c1C=CC(=O)N(Cc1ccc(-n2cncn2)cc1)[C@@H](Cc1ccccc1)C(=O)N1CCc2ccccc2C1. The Bertz CT molecular complexity index is 1810. The van der Waals surface area contributed by atoms with Crippen LogP contribution in [0.4, 0.5) is 0 Å². The summed E-state index contributed by atoms with van der Waals surface area (Å²) in [5.74, 6) is -0.284. The molecule has 1 aliphatic rings. The van der Waals surface area contributed by atoms with Gasteiger partial charge in [0.2, 0.25) is 11.8 Å². The van der Waals surface area contributed by atoms with E-state index in [-0.39, 0.29) is 18.4 Å². The Balaban J connectivity index is 1.36. The number of carbonyl (C=O) groups excluding carboxylic acids is 2. The van der Waals surface area contributed by atoms with E-state index in [0.29, 0.717) is 19.5 Å². The maximum Gasteiger partial charge on any atom is 0.247 e. The molecule has 9 heteroatoms. The van der Waals surface area contributed by atoms with Crippen LogP contribution in [0.25, 0.3) is 11.8 Å². The molecule has 3 heterocycles. The summed E-state index contributed by atoms with van der Waals surface area (Å²) in [4.78, 5) is 36.4. The Morgan fingerprint density at radius 3 is 2.36 bits per heavy atom. The summed E-state index contributed by atoms with van der Waals surface area (Å²) in [6, 6.07) is 25.3. The van der Waals surface area contributed by atoms with Crippen LogP contribution in [0.3, 0.4) is 0 Å². The molecule has 0 unspecified atom stereocenters. The van der Waals surface area contributed by atoms with Gasteiger partial charge in [0.25, 0.3) is 0 Å². The number of fused-ring (bicyclic) bond motifs is 1. The summed E-state index contributed by atoms with van der Waals surface area (Å²) >= 11 is 0. The Morgan fingerprint density at radius 2 is 1.67 bits per heavy atom. The fraction of sp³-hybridized carbons (Fsp3) is 0.250. The number of hydrogen-bond donors (Lipinski definition) is 0. The Morgan fingerprint density at radius 1 is 0.933 bits per heavy atom. The van der Waals surface area contributed by atoms with Gasteiger partial charge in [-0.05, 0) is 60.7 Å². The maximum atomic E-state index is 14.5. The van der Waals surface area contributed by atoms with Crippen LogP contribution in [0.5, 0.6) is 0 Å². The second-order valence-electron chi connectivity index (χ2n) is 11.5. The van der Waals surface area contributed by atoms with E-state index < -0.39 is 6.04 Å². The highest BCUT2D eigenvalue weighted by Crippen LogP contribution is 2.24. The Labute approximate surface area is 263 Å². The third-order valence-electron chi connectivity index (χ3n) is 8.59. The molecule has 45 heavy (non-hydrogen) atoms. The van der Waals surface area contributed by atoms with Gasteiger partial charge in [0.1, 0.15) is 18.7 Å². The molecule has 1 aliphatic heterocycles. The lowest BCUT2D eigenvalue weighted by molar-refractivity contribution is -0.144. The van der Waals surface area contributed by atoms with Crippen LogP contribution in [0.1, 0.15) is 39.2 Å². The Hall–Kier alpha value is -5.31. The van der Waals surface area contributed by atoms with Crippen LogP contribution in [-0.2, 0) is 42.6 Å². The van der Waals surface area contributed by atoms with Crippen molar-refractivity contribution in [3.63, 3.8) is 0 Å². The van der Waals surface area contributed by atoms with Crippen molar-refractivity contribution < 1.29 is 9.59 Å². The minimum absolute atomic E-state index is 0.0527. The molecule has 6 rings (SSSR count). The van der Waals surface area contributed by atoms with E-state index in [1.807, 2.05) is 103 Å². The van der Waals surface area contributed by atoms with E-state index in [1.165, 1.54) is 11.9 Å². The van der Waals surface area contributed by atoms with Gasteiger partial charge in [-0.25, -0.2) is 9.67 Å². The molecule has 2 aromatic heterocycles. The van der Waals surface area contributed by atoms with Crippen molar-refractivity contribution in [2.45, 2.75) is 45.8 Å². The van der Waals surface area contributed by atoms with Gasteiger partial charge in [0, 0.05) is 50.4 Å². The summed E-state index contributed by atoms with van der Waals surface area (Å²) < 4.78 is 3.49. The van der Waals surface area contributed by atoms with Gasteiger partial charge in [0.05, 0.1) is 11.4 Å². The highest BCUT2D eigenvalue weighted by molar-refractivity contribution is 5.96. The van der Waals surface area contributed by atoms with Crippen LogP contribution in [0.15, 0.2) is 97.6 Å². The van der Waals surface area contributed by atoms with Crippen molar-refractivity contribution in [2.24, 2.45) is 7.05 Å². The maximum absolute atomic E-state index is 14.5. The van der Waals surface area contributed by atoms with Crippen molar-refractivity contribution in [2.75, 3.05) is 6.54 Å². The molecular weight excluding hydrogens is 562 g/mol. The van der Waals surface area contributed by atoms with Crippen molar-refractivity contribution in [1.29, 1.82) is 0 Å². The van der Waals surface area contributed by atoms with Crippen LogP contribution in [-0.4, -0.2) is 58.7 Å². The van der Waals surface area contributed by atoms with Gasteiger partial charge in [0.15, 0.2) is 0 Å². The number of rotatable bonds is 9. The second kappa shape index (κ2) is 13.1. The molecule has 5 aromatic rings. The van der Waals surface area contributed by atoms with E-state index in [4.69, 9.17) is 0 Å². The van der Waals surface area contributed by atoms with E-state index in [1.54, 1.807) is 22.0 Å². The fourth-order valence-electron chi connectivity index (χ4n) is 5.98. The summed E-state index contributed by atoms with van der Waals surface area (Å²) in [5.41, 5.74) is 7.90. The van der Waals surface area contributed by atoms with Crippen LogP contribution < -0.4 is 0 Å². The largest absolute Gasteiger partial charge is 0.336 e. The van der Waals surface area contributed by atoms with Crippen LogP contribution in [0.2, 0.25) is 0 Å². The fourth-order valence-corrected chi connectivity index (χ4v) is 5.98. The molecule has 0 fully saturated rings. The molecule has 2 amide bonds. The average Bonchev–Trinajstić information content (AvgIpc) is 3.69. The van der Waals surface area contributed by atoms with Gasteiger partial charge < -0.3 is 9.80 Å². The first kappa shape index (κ1) is 29.7. The molecular formula is C36H37N7O2. The standard InChI is InChI=1S/C36H37N7O2/c1-26-33(27(2)40(3)39-26)17-18-35(44)42(22-29-13-15-32(16-14-29)43-25-37-24-38-43)34(21-28-9-5-4-6-10-28)36(45)41-20-19-30-11-7-8-12-31(30)23-41/h4-18,24-25,34H,19-23H2,1-3H3/t34-/m0/s1. The predicted molar refractivity (Wildman–Crippen MR) is 173 cm³/mol. The zero-order valence-corrected chi connectivity index (χ0v) is 25.9. The molecule has 0 saturated heterocycles. The number of aromatic nitrogens is 5. The van der Waals surface area contributed by atoms with Gasteiger partial charge in [-0.15, -0.1) is 0 Å². The minimum atomic E-state index is -0.708. The van der Waals surface area contributed by atoms with E-state index in [0.717, 1.165) is 45.7 Å². The molecule has 228 valence electrons. The average molecular weight is 600 g/mol. The first-order valence-electron chi connectivity index (χ1n) is 15.2. The molecule has 1 atom stereocenters. The third kappa shape index (κ3) is 6.62. The predicted octanol–water partition coefficient (Wildman–Crippen LogP) is 4.86. The van der Waals surface area contributed by atoms with Crippen molar-refractivity contribution >= 4 is 17.9 Å². The number of aryl methyl sites for hydroxylation is 2. The van der Waals surface area contributed by atoms with Crippen molar-refractivity contribution in [3.05, 3.63) is 137 Å². The summed E-state index contributed by atoms with van der Waals surface area (Å²) in [6.45, 7) is 5.31. The van der Waals surface area contributed by atoms with Crippen molar-refractivity contribution in [1.82, 2.24) is 34.3 Å². The zero-order chi connectivity index (χ0) is 31.3. The van der Waals surface area contributed by atoms with Crippen LogP contribution in [0, 0.1) is 13.8 Å². The van der Waals surface area contributed by atoms with Crippen LogP contribution >= 0.6 is 0 Å². The quantitative estimate of drug-likeness (QED) is 0.226. The van der Waals surface area contributed by atoms with Gasteiger partial charge in [-0.3, -0.25) is 14.3 Å². The lowest BCUT2D eigenvalue weighted by atomic mass is 9.97. The van der Waals surface area contributed by atoms with Crippen molar-refractivity contribution in [3.8, 4) is 5.69 Å². The molecule has 0 aliphatic carbocycles. The molecule has 0 spiro atoms. The number of amides is 2.